The first kappa shape index (κ1) is 25.0. The number of ether oxygens (including phenoxy) is 2. The summed E-state index contributed by atoms with van der Waals surface area (Å²) < 4.78 is 10.8. The Morgan fingerprint density at radius 1 is 0.812 bits per heavy atom. The van der Waals surface area contributed by atoms with Crippen molar-refractivity contribution in [2.45, 2.75) is 13.3 Å². The highest BCUT2D eigenvalue weighted by molar-refractivity contribution is 6.09. The normalized spacial score (nSPS) is 10.6. The van der Waals surface area contributed by atoms with E-state index < -0.39 is 5.97 Å². The molecule has 0 amide bonds. The summed E-state index contributed by atoms with van der Waals surface area (Å²) in [6.07, 6.45) is 0.545. The molecular formula is C25H29NO6. The van der Waals surface area contributed by atoms with E-state index in [0.717, 1.165) is 0 Å². The molecule has 2 rings (SSSR count). The second kappa shape index (κ2) is 12.6. The maximum atomic E-state index is 12.7. The first-order chi connectivity index (χ1) is 15.3. The molecule has 7 heteroatoms. The zero-order valence-corrected chi connectivity index (χ0v) is 18.3. The molecular weight excluding hydrogens is 410 g/mol. The summed E-state index contributed by atoms with van der Waals surface area (Å²) in [6.45, 7) is 10.6. The van der Waals surface area contributed by atoms with Crippen LogP contribution < -0.4 is 9.47 Å². The quantitative estimate of drug-likeness (QED) is 0.163. The van der Waals surface area contributed by atoms with Crippen LogP contribution in [-0.2, 0) is 4.79 Å². The molecule has 0 saturated heterocycles. The van der Waals surface area contributed by atoms with Crippen LogP contribution in [0.15, 0.2) is 73.0 Å². The monoisotopic (exact) mass is 439 g/mol. The van der Waals surface area contributed by atoms with Gasteiger partial charge < -0.3 is 19.7 Å². The Hall–Kier alpha value is -3.26. The van der Waals surface area contributed by atoms with Gasteiger partial charge in [-0.25, -0.2) is 4.79 Å². The third-order valence-electron chi connectivity index (χ3n) is 4.59. The molecule has 0 unspecified atom stereocenters. The fourth-order valence-corrected chi connectivity index (χ4v) is 2.83. The SMILES string of the molecule is C=C(CCN(CCO)CCO)Oc1ccc(C(=O)c2ccc(OC(=O)C(=C)C)cc2)cc1. The molecule has 0 aliphatic heterocycles. The summed E-state index contributed by atoms with van der Waals surface area (Å²) in [6, 6.07) is 13.0. The third-order valence-corrected chi connectivity index (χ3v) is 4.59. The van der Waals surface area contributed by atoms with E-state index in [9.17, 15) is 9.59 Å². The van der Waals surface area contributed by atoms with Crippen LogP contribution in [0.3, 0.4) is 0 Å². The second-order valence-corrected chi connectivity index (χ2v) is 7.23. The fourth-order valence-electron chi connectivity index (χ4n) is 2.83. The Morgan fingerprint density at radius 2 is 1.28 bits per heavy atom. The number of nitrogens with zero attached hydrogens (tertiary/aromatic N) is 1. The summed E-state index contributed by atoms with van der Waals surface area (Å²) in [5.41, 5.74) is 1.25. The van der Waals surface area contributed by atoms with Gasteiger partial charge in [-0.3, -0.25) is 9.69 Å². The van der Waals surface area contributed by atoms with Crippen LogP contribution in [-0.4, -0.2) is 59.7 Å². The molecule has 0 aliphatic rings. The van der Waals surface area contributed by atoms with Crippen molar-refractivity contribution in [1.29, 1.82) is 0 Å². The molecule has 0 aliphatic carbocycles. The predicted octanol–water partition coefficient (Wildman–Crippen LogP) is 2.97. The first-order valence-corrected chi connectivity index (χ1v) is 10.3. The van der Waals surface area contributed by atoms with Crippen LogP contribution in [0.2, 0.25) is 0 Å². The molecule has 0 heterocycles. The largest absolute Gasteiger partial charge is 0.462 e. The molecule has 0 spiro atoms. The molecule has 0 saturated carbocycles. The van der Waals surface area contributed by atoms with E-state index in [0.29, 0.717) is 60.0 Å². The minimum atomic E-state index is -0.518. The van der Waals surface area contributed by atoms with Gasteiger partial charge >= 0.3 is 5.97 Å². The van der Waals surface area contributed by atoms with Crippen molar-refractivity contribution in [3.05, 3.63) is 84.1 Å². The molecule has 170 valence electrons. The molecule has 0 aromatic heterocycles. The lowest BCUT2D eigenvalue weighted by molar-refractivity contribution is -0.130. The van der Waals surface area contributed by atoms with Gasteiger partial charge in [0.1, 0.15) is 11.5 Å². The fraction of sp³-hybridized carbons (Fsp3) is 0.280. The van der Waals surface area contributed by atoms with Gasteiger partial charge in [0, 0.05) is 42.8 Å². The van der Waals surface area contributed by atoms with Crippen molar-refractivity contribution in [3.63, 3.8) is 0 Å². The lowest BCUT2D eigenvalue weighted by Gasteiger charge is -2.20. The van der Waals surface area contributed by atoms with Crippen molar-refractivity contribution in [3.8, 4) is 11.5 Å². The number of aliphatic hydroxyl groups excluding tert-OH is 2. The van der Waals surface area contributed by atoms with Crippen molar-refractivity contribution in [2.24, 2.45) is 0 Å². The molecule has 7 nitrogen and oxygen atoms in total. The van der Waals surface area contributed by atoms with E-state index in [1.165, 1.54) is 0 Å². The average molecular weight is 440 g/mol. The number of esters is 1. The van der Waals surface area contributed by atoms with Crippen molar-refractivity contribution in [1.82, 2.24) is 4.90 Å². The van der Waals surface area contributed by atoms with Crippen LogP contribution in [0.25, 0.3) is 0 Å². The molecule has 0 bridgehead atoms. The third kappa shape index (κ3) is 7.77. The molecule has 32 heavy (non-hydrogen) atoms. The van der Waals surface area contributed by atoms with E-state index in [1.807, 2.05) is 4.90 Å². The van der Waals surface area contributed by atoms with Crippen molar-refractivity contribution >= 4 is 11.8 Å². The standard InChI is InChI=1S/C25H29NO6/c1-18(2)25(30)32-23-10-6-21(7-11-23)24(29)20-4-8-22(9-5-20)31-19(3)12-13-26(14-16-27)15-17-28/h4-11,27-28H,1,3,12-17H2,2H3. The second-order valence-electron chi connectivity index (χ2n) is 7.23. The van der Waals surface area contributed by atoms with Crippen LogP contribution in [0, 0.1) is 0 Å². The minimum absolute atomic E-state index is 0.0190. The number of benzene rings is 2. The number of aliphatic hydroxyl groups is 2. The molecule has 0 fully saturated rings. The molecule has 0 radical (unpaired) electrons. The topological polar surface area (TPSA) is 96.3 Å². The van der Waals surface area contributed by atoms with Crippen LogP contribution in [0.5, 0.6) is 11.5 Å². The molecule has 2 N–H and O–H groups in total. The number of ketones is 1. The van der Waals surface area contributed by atoms with Gasteiger partial charge in [0.15, 0.2) is 5.78 Å². The summed E-state index contributed by atoms with van der Waals surface area (Å²) in [7, 11) is 0. The summed E-state index contributed by atoms with van der Waals surface area (Å²) in [5.74, 6) is 0.759. The van der Waals surface area contributed by atoms with Gasteiger partial charge in [0.2, 0.25) is 0 Å². The van der Waals surface area contributed by atoms with E-state index >= 15 is 0 Å². The lowest BCUT2D eigenvalue weighted by atomic mass is 10.0. The highest BCUT2D eigenvalue weighted by Gasteiger charge is 2.12. The Kier molecular flexibility index (Phi) is 9.81. The highest BCUT2D eigenvalue weighted by atomic mass is 16.5. The van der Waals surface area contributed by atoms with E-state index in [2.05, 4.69) is 13.2 Å². The lowest BCUT2D eigenvalue weighted by Crippen LogP contribution is -2.31. The van der Waals surface area contributed by atoms with Gasteiger partial charge in [-0.2, -0.15) is 0 Å². The van der Waals surface area contributed by atoms with E-state index in [-0.39, 0.29) is 19.0 Å². The van der Waals surface area contributed by atoms with Gasteiger partial charge in [-0.05, 0) is 55.5 Å². The first-order valence-electron chi connectivity index (χ1n) is 10.3. The van der Waals surface area contributed by atoms with Gasteiger partial charge in [-0.1, -0.05) is 13.2 Å². The minimum Gasteiger partial charge on any atom is -0.462 e. The Bertz CT molecular complexity index is 928. The van der Waals surface area contributed by atoms with Crippen LogP contribution in [0.1, 0.15) is 29.3 Å². The van der Waals surface area contributed by atoms with Crippen molar-refractivity contribution in [2.75, 3.05) is 32.8 Å². The molecule has 0 atom stereocenters. The Labute approximate surface area is 188 Å². The van der Waals surface area contributed by atoms with Gasteiger partial charge in [-0.15, -0.1) is 0 Å². The summed E-state index contributed by atoms with van der Waals surface area (Å²) in [5, 5.41) is 18.1. The maximum absolute atomic E-state index is 12.7. The zero-order valence-electron chi connectivity index (χ0n) is 18.3. The zero-order chi connectivity index (χ0) is 23.5. The Balaban J connectivity index is 1.92. The predicted molar refractivity (Wildman–Crippen MR) is 122 cm³/mol. The van der Waals surface area contributed by atoms with Crippen molar-refractivity contribution < 1.29 is 29.3 Å². The maximum Gasteiger partial charge on any atom is 0.338 e. The van der Waals surface area contributed by atoms with E-state index in [4.69, 9.17) is 19.7 Å². The van der Waals surface area contributed by atoms with Gasteiger partial charge in [0.05, 0.1) is 19.0 Å². The number of carbonyl (C=O) groups is 2. The average Bonchev–Trinajstić information content (AvgIpc) is 2.78. The smallest absolute Gasteiger partial charge is 0.338 e. The summed E-state index contributed by atoms with van der Waals surface area (Å²) in [4.78, 5) is 26.2. The van der Waals surface area contributed by atoms with Crippen LogP contribution in [0.4, 0.5) is 0 Å². The number of carbonyl (C=O) groups excluding carboxylic acids is 2. The number of hydrogen-bond donors (Lipinski definition) is 2. The van der Waals surface area contributed by atoms with E-state index in [1.54, 1.807) is 55.5 Å². The molecule has 2 aromatic rings. The number of rotatable bonds is 13. The molecule has 2 aromatic carbocycles. The summed E-state index contributed by atoms with van der Waals surface area (Å²) >= 11 is 0. The van der Waals surface area contributed by atoms with Gasteiger partial charge in [0.25, 0.3) is 0 Å². The van der Waals surface area contributed by atoms with Crippen LogP contribution >= 0.6 is 0 Å². The highest BCUT2D eigenvalue weighted by Crippen LogP contribution is 2.20. The Morgan fingerprint density at radius 3 is 1.72 bits per heavy atom. The number of hydrogen-bond acceptors (Lipinski definition) is 7.